The molecular weight excluding hydrogens is 428 g/mol. The third-order valence-corrected chi connectivity index (χ3v) is 6.30. The molecule has 0 bridgehead atoms. The van der Waals surface area contributed by atoms with Crippen LogP contribution in [0.4, 0.5) is 0 Å². The van der Waals surface area contributed by atoms with Crippen molar-refractivity contribution in [1.82, 2.24) is 9.55 Å². The molecule has 0 atom stereocenters. The summed E-state index contributed by atoms with van der Waals surface area (Å²) in [6.07, 6.45) is 2.82. The lowest BCUT2D eigenvalue weighted by molar-refractivity contribution is 0.0684. The lowest BCUT2D eigenvalue weighted by Crippen LogP contribution is -2.13. The number of rotatable bonds is 7. The van der Waals surface area contributed by atoms with E-state index in [-0.39, 0.29) is 17.2 Å². The second kappa shape index (κ2) is 8.47. The minimum Gasteiger partial charge on any atom is -0.492 e. The highest BCUT2D eigenvalue weighted by Gasteiger charge is 2.18. The van der Waals surface area contributed by atoms with Gasteiger partial charge in [0.15, 0.2) is 9.84 Å². The van der Waals surface area contributed by atoms with Gasteiger partial charge < -0.3 is 14.4 Å². The molecule has 0 saturated carbocycles. The quantitative estimate of drug-likeness (QED) is 0.453. The Bertz CT molecular complexity index is 1410. The van der Waals surface area contributed by atoms with Gasteiger partial charge in [0.25, 0.3) is 0 Å². The highest BCUT2D eigenvalue weighted by molar-refractivity contribution is 7.90. The van der Waals surface area contributed by atoms with Crippen LogP contribution in [0.15, 0.2) is 71.8 Å². The number of hydrogen-bond acceptors (Lipinski definition) is 5. The Balaban J connectivity index is 1.63. The number of nitrogens with zero attached hydrogens (tertiary/aromatic N) is 2. The Labute approximate surface area is 185 Å². The second-order valence-corrected chi connectivity index (χ2v) is 9.56. The Kier molecular flexibility index (Phi) is 5.71. The summed E-state index contributed by atoms with van der Waals surface area (Å²) in [5.41, 5.74) is 3.65. The highest BCUT2D eigenvalue weighted by Crippen LogP contribution is 2.30. The van der Waals surface area contributed by atoms with Crippen LogP contribution in [0.5, 0.6) is 5.75 Å². The lowest BCUT2D eigenvalue weighted by Gasteiger charge is -2.11. The molecule has 0 spiro atoms. The number of carboxylic acid groups (broad SMARTS) is 1. The van der Waals surface area contributed by atoms with Gasteiger partial charge in [-0.15, -0.1) is 0 Å². The zero-order valence-corrected chi connectivity index (χ0v) is 18.5. The smallest absolute Gasteiger partial charge is 0.352 e. The minimum absolute atomic E-state index is 0.151. The monoisotopic (exact) mass is 450 g/mol. The largest absolute Gasteiger partial charge is 0.492 e. The fourth-order valence-electron chi connectivity index (χ4n) is 3.66. The molecule has 4 rings (SSSR count). The summed E-state index contributed by atoms with van der Waals surface area (Å²) in [4.78, 5) is 16.6. The number of aromatic nitrogens is 2. The number of carbonyl (C=O) groups is 1. The normalized spacial score (nSPS) is 11.6. The van der Waals surface area contributed by atoms with E-state index < -0.39 is 15.8 Å². The van der Waals surface area contributed by atoms with Crippen LogP contribution in [-0.2, 0) is 16.4 Å². The van der Waals surface area contributed by atoms with E-state index in [1.807, 2.05) is 31.2 Å². The van der Waals surface area contributed by atoms with E-state index in [0.717, 1.165) is 34.0 Å². The maximum absolute atomic E-state index is 11.9. The number of carboxylic acids is 1. The summed E-state index contributed by atoms with van der Waals surface area (Å²) < 4.78 is 30.6. The predicted molar refractivity (Wildman–Crippen MR) is 122 cm³/mol. The first-order valence-electron chi connectivity index (χ1n) is 9.95. The molecule has 0 saturated heterocycles. The average Bonchev–Trinajstić information content (AvgIpc) is 3.13. The van der Waals surface area contributed by atoms with Gasteiger partial charge in [-0.05, 0) is 49.4 Å². The summed E-state index contributed by atoms with van der Waals surface area (Å²) >= 11 is 0. The number of benzene rings is 2. The lowest BCUT2D eigenvalue weighted by atomic mass is 10.1. The van der Waals surface area contributed by atoms with E-state index in [1.54, 1.807) is 35.0 Å². The van der Waals surface area contributed by atoms with Crippen molar-refractivity contribution in [3.8, 4) is 17.0 Å². The van der Waals surface area contributed by atoms with Gasteiger partial charge in [0, 0.05) is 23.4 Å². The van der Waals surface area contributed by atoms with Crippen molar-refractivity contribution in [3.63, 3.8) is 0 Å². The molecule has 8 heteroatoms. The maximum atomic E-state index is 11.9. The Morgan fingerprint density at radius 1 is 1.09 bits per heavy atom. The molecule has 0 unspecified atom stereocenters. The van der Waals surface area contributed by atoms with E-state index in [9.17, 15) is 18.3 Å². The van der Waals surface area contributed by atoms with Gasteiger partial charge in [-0.25, -0.2) is 13.2 Å². The highest BCUT2D eigenvalue weighted by atomic mass is 32.2. The number of hydrogen-bond donors (Lipinski definition) is 1. The third-order valence-electron chi connectivity index (χ3n) is 5.18. The van der Waals surface area contributed by atoms with Crippen molar-refractivity contribution in [1.29, 1.82) is 0 Å². The van der Waals surface area contributed by atoms with Crippen molar-refractivity contribution >= 4 is 26.7 Å². The van der Waals surface area contributed by atoms with Crippen LogP contribution in [0.25, 0.3) is 22.2 Å². The van der Waals surface area contributed by atoms with Gasteiger partial charge >= 0.3 is 5.97 Å². The summed E-state index contributed by atoms with van der Waals surface area (Å²) in [6, 6.07) is 17.5. The van der Waals surface area contributed by atoms with Crippen LogP contribution in [0, 0.1) is 6.92 Å². The van der Waals surface area contributed by atoms with Crippen molar-refractivity contribution in [3.05, 3.63) is 78.1 Å². The number of aromatic carboxylic acids is 1. The summed E-state index contributed by atoms with van der Waals surface area (Å²) in [7, 11) is -3.28. The number of aryl methyl sites for hydroxylation is 1. The summed E-state index contributed by atoms with van der Waals surface area (Å²) in [5, 5.41) is 10.5. The van der Waals surface area contributed by atoms with Crippen LogP contribution in [0.2, 0.25) is 0 Å². The number of ether oxygens (including phenoxy) is 1. The molecule has 0 radical (unpaired) electrons. The molecule has 0 amide bonds. The Hall–Kier alpha value is -3.65. The first-order chi connectivity index (χ1) is 15.2. The topological polar surface area (TPSA) is 98.5 Å². The van der Waals surface area contributed by atoms with E-state index in [0.29, 0.717) is 12.3 Å². The van der Waals surface area contributed by atoms with Gasteiger partial charge in [0.1, 0.15) is 18.1 Å². The van der Waals surface area contributed by atoms with Crippen LogP contribution in [-0.4, -0.2) is 41.9 Å². The second-order valence-electron chi connectivity index (χ2n) is 7.54. The van der Waals surface area contributed by atoms with Crippen molar-refractivity contribution in [2.75, 3.05) is 12.9 Å². The summed E-state index contributed by atoms with van der Waals surface area (Å²) in [6.45, 7) is 2.51. The van der Waals surface area contributed by atoms with E-state index in [4.69, 9.17) is 4.74 Å². The van der Waals surface area contributed by atoms with Crippen molar-refractivity contribution < 1.29 is 23.1 Å². The van der Waals surface area contributed by atoms with Crippen molar-refractivity contribution in [2.24, 2.45) is 0 Å². The number of sulfone groups is 1. The van der Waals surface area contributed by atoms with Crippen LogP contribution >= 0.6 is 0 Å². The standard InChI is InChI=1S/C24H22N2O5S/c1-16-4-3-5-17(14-16)23-20-15-22(24(27)28)26(21(20)10-11-25-23)12-13-31-18-6-8-19(9-7-18)32(2,29)30/h3-11,14-15H,12-13H2,1-2H3,(H,27,28). The van der Waals surface area contributed by atoms with Gasteiger partial charge in [-0.1, -0.05) is 23.8 Å². The minimum atomic E-state index is -3.28. The van der Waals surface area contributed by atoms with Crippen LogP contribution < -0.4 is 4.74 Å². The molecule has 32 heavy (non-hydrogen) atoms. The van der Waals surface area contributed by atoms with Gasteiger partial charge in [0.05, 0.1) is 22.7 Å². The first kappa shape index (κ1) is 21.6. The molecule has 2 aromatic heterocycles. The van der Waals surface area contributed by atoms with Crippen LogP contribution in [0.1, 0.15) is 16.1 Å². The van der Waals surface area contributed by atoms with Crippen LogP contribution in [0.3, 0.4) is 0 Å². The third kappa shape index (κ3) is 4.36. The summed E-state index contributed by atoms with van der Waals surface area (Å²) in [5.74, 6) is -0.526. The molecule has 0 aliphatic carbocycles. The predicted octanol–water partition coefficient (Wildman–Crippen LogP) is 4.19. The van der Waals surface area contributed by atoms with Gasteiger partial charge in [-0.3, -0.25) is 4.98 Å². The zero-order valence-electron chi connectivity index (χ0n) is 17.6. The first-order valence-corrected chi connectivity index (χ1v) is 11.8. The van der Waals surface area contributed by atoms with E-state index in [2.05, 4.69) is 4.98 Å². The molecule has 7 nitrogen and oxygen atoms in total. The fraction of sp³-hybridized carbons (Fsp3) is 0.167. The SMILES string of the molecule is Cc1cccc(-c2nccc3c2cc(C(=O)O)n3CCOc2ccc(S(C)(=O)=O)cc2)c1. The van der Waals surface area contributed by atoms with E-state index >= 15 is 0 Å². The molecule has 0 aliphatic heterocycles. The maximum Gasteiger partial charge on any atom is 0.352 e. The van der Waals surface area contributed by atoms with Gasteiger partial charge in [-0.2, -0.15) is 0 Å². The fourth-order valence-corrected chi connectivity index (χ4v) is 4.29. The molecule has 1 N–H and O–H groups in total. The Morgan fingerprint density at radius 3 is 2.50 bits per heavy atom. The Morgan fingerprint density at radius 2 is 1.84 bits per heavy atom. The molecular formula is C24H22N2O5S. The molecule has 2 heterocycles. The number of fused-ring (bicyclic) bond motifs is 1. The number of pyridine rings is 1. The molecule has 0 aliphatic rings. The molecule has 164 valence electrons. The molecule has 0 fully saturated rings. The average molecular weight is 451 g/mol. The van der Waals surface area contributed by atoms with Crippen molar-refractivity contribution in [2.45, 2.75) is 18.4 Å². The molecule has 2 aromatic carbocycles. The zero-order chi connectivity index (χ0) is 22.9. The molecule has 4 aromatic rings. The van der Waals surface area contributed by atoms with Gasteiger partial charge in [0.2, 0.25) is 0 Å². The van der Waals surface area contributed by atoms with E-state index in [1.165, 1.54) is 12.1 Å².